The summed E-state index contributed by atoms with van der Waals surface area (Å²) >= 11 is 5.88. The van der Waals surface area contributed by atoms with Gasteiger partial charge < -0.3 is 24.7 Å². The highest BCUT2D eigenvalue weighted by atomic mass is 35.5. The molecule has 0 aromatic heterocycles. The van der Waals surface area contributed by atoms with Crippen LogP contribution in [0.5, 0.6) is 23.0 Å². The Morgan fingerprint density at radius 3 is 2.61 bits per heavy atom. The Morgan fingerprint density at radius 2 is 1.92 bits per heavy atom. The normalized spacial score (nSPS) is 14.6. The molecule has 0 fully saturated rings. The topological polar surface area (TPSA) is 104 Å². The van der Waals surface area contributed by atoms with E-state index in [0.29, 0.717) is 34.4 Å². The van der Waals surface area contributed by atoms with Crippen molar-refractivity contribution in [2.75, 3.05) is 13.7 Å². The molecule has 1 heterocycles. The molecule has 1 atom stereocenters. The third kappa shape index (κ3) is 5.29. The zero-order valence-electron chi connectivity index (χ0n) is 19.7. The van der Waals surface area contributed by atoms with Gasteiger partial charge >= 0.3 is 5.97 Å². The number of esters is 1. The molecular weight excluding hydrogens is 480 g/mol. The number of fused-ring (bicyclic) bond motifs is 1. The van der Waals surface area contributed by atoms with E-state index in [9.17, 15) is 10.1 Å². The monoisotopic (exact) mass is 502 g/mol. The molecule has 0 saturated carbocycles. The van der Waals surface area contributed by atoms with E-state index in [4.69, 9.17) is 36.3 Å². The maximum absolute atomic E-state index is 12.3. The van der Waals surface area contributed by atoms with Crippen LogP contribution in [0.1, 0.15) is 29.5 Å². The molecule has 182 valence electrons. The Labute approximate surface area is 213 Å². The number of carbonyl (C=O) groups is 1. The number of nitrogens with zero attached hydrogens (tertiary/aromatic N) is 1. The van der Waals surface area contributed by atoms with Crippen LogP contribution in [0.4, 0.5) is 0 Å². The second-order valence-corrected chi connectivity index (χ2v) is 8.21. The molecular formula is C28H23ClN2O5. The van der Waals surface area contributed by atoms with Crippen LogP contribution in [0, 0.1) is 11.3 Å². The fourth-order valence-electron chi connectivity index (χ4n) is 3.87. The van der Waals surface area contributed by atoms with E-state index in [1.54, 1.807) is 61.7 Å². The summed E-state index contributed by atoms with van der Waals surface area (Å²) in [6.07, 6.45) is 2.95. The first-order valence-electron chi connectivity index (χ1n) is 11.1. The van der Waals surface area contributed by atoms with Gasteiger partial charge in [-0.2, -0.15) is 5.26 Å². The van der Waals surface area contributed by atoms with Gasteiger partial charge in [-0.1, -0.05) is 35.9 Å². The molecule has 2 N–H and O–H groups in total. The van der Waals surface area contributed by atoms with E-state index in [-0.39, 0.29) is 17.2 Å². The van der Waals surface area contributed by atoms with Gasteiger partial charge in [0.05, 0.1) is 19.6 Å². The molecule has 0 aliphatic carbocycles. The summed E-state index contributed by atoms with van der Waals surface area (Å²) in [4.78, 5) is 12.3. The summed E-state index contributed by atoms with van der Waals surface area (Å²) in [5.41, 5.74) is 8.65. The van der Waals surface area contributed by atoms with Crippen LogP contribution in [0.2, 0.25) is 5.02 Å². The molecule has 1 aliphatic rings. The molecule has 0 amide bonds. The van der Waals surface area contributed by atoms with Gasteiger partial charge in [0.2, 0.25) is 5.88 Å². The van der Waals surface area contributed by atoms with Crippen LogP contribution in [0.3, 0.4) is 0 Å². The van der Waals surface area contributed by atoms with Gasteiger partial charge in [0.25, 0.3) is 0 Å². The average Bonchev–Trinajstić information content (AvgIpc) is 2.88. The Morgan fingerprint density at radius 1 is 1.14 bits per heavy atom. The highest BCUT2D eigenvalue weighted by Crippen LogP contribution is 2.45. The number of ether oxygens (including phenoxy) is 4. The van der Waals surface area contributed by atoms with Crippen LogP contribution in [0.25, 0.3) is 6.08 Å². The number of nitrogens with two attached hydrogens (primary N) is 1. The minimum absolute atomic E-state index is 0.0195. The maximum atomic E-state index is 12.3. The van der Waals surface area contributed by atoms with Crippen molar-refractivity contribution in [2.45, 2.75) is 12.8 Å². The van der Waals surface area contributed by atoms with E-state index >= 15 is 0 Å². The number of hydrogen-bond acceptors (Lipinski definition) is 7. The molecule has 3 aromatic rings. The number of allylic oxidation sites excluding steroid dienone is 1. The maximum Gasteiger partial charge on any atom is 0.336 e. The Hall–Kier alpha value is -4.41. The molecule has 0 spiro atoms. The zero-order valence-corrected chi connectivity index (χ0v) is 20.4. The molecule has 0 bridgehead atoms. The van der Waals surface area contributed by atoms with Gasteiger partial charge in [0.15, 0.2) is 11.5 Å². The van der Waals surface area contributed by atoms with Gasteiger partial charge in [-0.3, -0.25) is 0 Å². The van der Waals surface area contributed by atoms with Crippen molar-refractivity contribution in [3.8, 4) is 29.1 Å². The van der Waals surface area contributed by atoms with Crippen molar-refractivity contribution in [3.63, 3.8) is 0 Å². The number of benzene rings is 3. The van der Waals surface area contributed by atoms with Crippen molar-refractivity contribution in [3.05, 3.63) is 99.9 Å². The van der Waals surface area contributed by atoms with Gasteiger partial charge in [-0.05, 0) is 54.5 Å². The second-order valence-electron chi connectivity index (χ2n) is 7.77. The van der Waals surface area contributed by atoms with Crippen LogP contribution in [0.15, 0.2) is 78.2 Å². The summed E-state index contributed by atoms with van der Waals surface area (Å²) in [7, 11) is 1.55. The van der Waals surface area contributed by atoms with E-state index in [1.165, 1.54) is 6.08 Å². The molecule has 4 rings (SSSR count). The minimum atomic E-state index is -0.560. The Kier molecular flexibility index (Phi) is 7.47. The van der Waals surface area contributed by atoms with Crippen LogP contribution in [-0.2, 0) is 4.79 Å². The number of nitriles is 1. The lowest BCUT2D eigenvalue weighted by Gasteiger charge is -2.27. The van der Waals surface area contributed by atoms with E-state index in [2.05, 4.69) is 6.07 Å². The van der Waals surface area contributed by atoms with Crippen molar-refractivity contribution < 1.29 is 23.7 Å². The Balaban J connectivity index is 1.62. The lowest BCUT2D eigenvalue weighted by atomic mass is 9.83. The van der Waals surface area contributed by atoms with E-state index in [1.807, 2.05) is 19.1 Å². The fraction of sp³-hybridized carbons (Fsp3) is 0.143. The molecule has 8 heteroatoms. The first-order chi connectivity index (χ1) is 17.4. The minimum Gasteiger partial charge on any atom is -0.493 e. The van der Waals surface area contributed by atoms with Crippen molar-refractivity contribution in [2.24, 2.45) is 5.73 Å². The molecule has 3 aromatic carbocycles. The second kappa shape index (κ2) is 10.9. The first kappa shape index (κ1) is 24.7. The lowest BCUT2D eigenvalue weighted by molar-refractivity contribution is -0.128. The molecule has 7 nitrogen and oxygen atoms in total. The SMILES string of the molecule is CCOc1ccc(C2C(C#N)=C(N)Oc3cc(OC(=O)/C=C/c4ccc(Cl)cc4)ccc32)cc1OC. The molecule has 1 aliphatic heterocycles. The summed E-state index contributed by atoms with van der Waals surface area (Å²) < 4.78 is 22.3. The average molecular weight is 503 g/mol. The molecule has 1 unspecified atom stereocenters. The van der Waals surface area contributed by atoms with Crippen LogP contribution < -0.4 is 24.7 Å². The van der Waals surface area contributed by atoms with E-state index in [0.717, 1.165) is 11.1 Å². The van der Waals surface area contributed by atoms with Gasteiger partial charge in [-0.15, -0.1) is 0 Å². The van der Waals surface area contributed by atoms with Gasteiger partial charge in [0, 0.05) is 22.7 Å². The number of hydrogen-bond donors (Lipinski definition) is 1. The molecule has 0 saturated heterocycles. The summed E-state index contributed by atoms with van der Waals surface area (Å²) in [5.74, 6) is 0.713. The highest BCUT2D eigenvalue weighted by Gasteiger charge is 2.31. The zero-order chi connectivity index (χ0) is 25.7. The lowest BCUT2D eigenvalue weighted by Crippen LogP contribution is -2.21. The quantitative estimate of drug-likeness (QED) is 0.255. The van der Waals surface area contributed by atoms with Crippen LogP contribution >= 0.6 is 11.6 Å². The smallest absolute Gasteiger partial charge is 0.336 e. The standard InChI is InChI=1S/C28H23ClN2O5/c1-3-34-23-12-7-18(14-25(23)33-2)27-21-11-10-20(15-24(21)36-28(31)22(27)16-30)35-26(32)13-6-17-4-8-19(29)9-5-17/h4-15,27H,3,31H2,1-2H3/b13-6+. The first-order valence-corrected chi connectivity index (χ1v) is 11.5. The highest BCUT2D eigenvalue weighted by molar-refractivity contribution is 6.30. The fourth-order valence-corrected chi connectivity index (χ4v) is 3.99. The third-order valence-corrected chi connectivity index (χ3v) is 5.76. The molecule has 0 radical (unpaired) electrons. The van der Waals surface area contributed by atoms with E-state index < -0.39 is 11.9 Å². The summed E-state index contributed by atoms with van der Waals surface area (Å²) in [6.45, 7) is 2.37. The van der Waals surface area contributed by atoms with Gasteiger partial charge in [0.1, 0.15) is 23.1 Å². The predicted octanol–water partition coefficient (Wildman–Crippen LogP) is 5.58. The number of carbonyl (C=O) groups excluding carboxylic acids is 1. The van der Waals surface area contributed by atoms with Crippen LogP contribution in [-0.4, -0.2) is 19.7 Å². The predicted molar refractivity (Wildman–Crippen MR) is 136 cm³/mol. The van der Waals surface area contributed by atoms with Gasteiger partial charge in [-0.25, -0.2) is 4.79 Å². The molecule has 36 heavy (non-hydrogen) atoms. The third-order valence-electron chi connectivity index (χ3n) is 5.51. The van der Waals surface area contributed by atoms with Crippen molar-refractivity contribution in [1.82, 2.24) is 0 Å². The summed E-state index contributed by atoms with van der Waals surface area (Å²) in [6, 6.07) is 19.6. The van der Waals surface area contributed by atoms with Crippen molar-refractivity contribution >= 4 is 23.6 Å². The number of rotatable bonds is 7. The largest absolute Gasteiger partial charge is 0.493 e. The Bertz CT molecular complexity index is 1390. The number of methoxy groups -OCH3 is 1. The summed E-state index contributed by atoms with van der Waals surface area (Å²) in [5, 5.41) is 10.4. The van der Waals surface area contributed by atoms with Crippen molar-refractivity contribution in [1.29, 1.82) is 5.26 Å². The number of halogens is 1.